The van der Waals surface area contributed by atoms with Crippen LogP contribution in [0.4, 0.5) is 0 Å². The summed E-state index contributed by atoms with van der Waals surface area (Å²) in [6.45, 7) is 7.73. The standard InChI is InChI=1S/C13H20O3/c1-9(14)5-6-13-11(2,3)7-10(15)8-12(13,4)16-13/h5-6,10,15H,7-8H2,1-4H3/b6-5+. The van der Waals surface area contributed by atoms with Gasteiger partial charge in [-0.2, -0.15) is 0 Å². The largest absolute Gasteiger partial charge is 0.393 e. The second-order valence-corrected chi connectivity index (χ2v) is 5.96. The first kappa shape index (κ1) is 11.8. The third-order valence-corrected chi connectivity index (χ3v) is 4.06. The van der Waals surface area contributed by atoms with Gasteiger partial charge in [0.15, 0.2) is 5.78 Å². The Morgan fingerprint density at radius 2 is 2.00 bits per heavy atom. The van der Waals surface area contributed by atoms with Crippen molar-refractivity contribution in [2.75, 3.05) is 0 Å². The van der Waals surface area contributed by atoms with E-state index < -0.39 is 0 Å². The number of hydrogen-bond donors (Lipinski definition) is 1. The van der Waals surface area contributed by atoms with Crippen molar-refractivity contribution in [2.45, 2.75) is 57.8 Å². The molecule has 3 heteroatoms. The monoisotopic (exact) mass is 224 g/mol. The third kappa shape index (κ3) is 1.45. The number of ketones is 1. The molecule has 0 aromatic heterocycles. The summed E-state index contributed by atoms with van der Waals surface area (Å²) in [5.41, 5.74) is -0.809. The lowest BCUT2D eigenvalue weighted by atomic mass is 9.63. The van der Waals surface area contributed by atoms with E-state index in [1.165, 1.54) is 6.92 Å². The zero-order chi connectivity index (χ0) is 12.2. The van der Waals surface area contributed by atoms with Gasteiger partial charge in [0, 0.05) is 11.8 Å². The zero-order valence-electron chi connectivity index (χ0n) is 10.4. The molecule has 0 aromatic carbocycles. The number of carbonyl (C=O) groups is 1. The van der Waals surface area contributed by atoms with Crippen LogP contribution in [0, 0.1) is 5.41 Å². The summed E-state index contributed by atoms with van der Waals surface area (Å²) in [4.78, 5) is 11.0. The first-order chi connectivity index (χ1) is 7.22. The average Bonchev–Trinajstić information content (AvgIpc) is 2.67. The van der Waals surface area contributed by atoms with Gasteiger partial charge in [0.2, 0.25) is 0 Å². The second kappa shape index (κ2) is 3.17. The van der Waals surface area contributed by atoms with Gasteiger partial charge in [-0.25, -0.2) is 0 Å². The lowest BCUT2D eigenvalue weighted by Crippen LogP contribution is -2.46. The normalized spacial score (nSPS) is 45.4. The highest BCUT2D eigenvalue weighted by atomic mass is 16.6. The van der Waals surface area contributed by atoms with E-state index in [9.17, 15) is 9.90 Å². The quantitative estimate of drug-likeness (QED) is 0.575. The summed E-state index contributed by atoms with van der Waals surface area (Å²) < 4.78 is 5.89. The van der Waals surface area contributed by atoms with Gasteiger partial charge in [-0.3, -0.25) is 4.79 Å². The van der Waals surface area contributed by atoms with Crippen molar-refractivity contribution in [1.82, 2.24) is 0 Å². The van der Waals surface area contributed by atoms with Crippen LogP contribution >= 0.6 is 0 Å². The number of fused-ring (bicyclic) bond motifs is 1. The lowest BCUT2D eigenvalue weighted by Gasteiger charge is -2.38. The van der Waals surface area contributed by atoms with E-state index in [0.29, 0.717) is 12.8 Å². The third-order valence-electron chi connectivity index (χ3n) is 4.06. The van der Waals surface area contributed by atoms with E-state index in [1.807, 2.05) is 13.0 Å². The fourth-order valence-electron chi connectivity index (χ4n) is 3.31. The molecule has 0 radical (unpaired) electrons. The summed E-state index contributed by atoms with van der Waals surface area (Å²) in [6, 6.07) is 0. The number of rotatable bonds is 2. The highest BCUT2D eigenvalue weighted by Gasteiger charge is 2.74. The molecule has 3 atom stereocenters. The van der Waals surface area contributed by atoms with Crippen molar-refractivity contribution >= 4 is 5.78 Å². The molecule has 3 unspecified atom stereocenters. The van der Waals surface area contributed by atoms with Crippen molar-refractivity contribution in [3.05, 3.63) is 12.2 Å². The van der Waals surface area contributed by atoms with E-state index >= 15 is 0 Å². The second-order valence-electron chi connectivity index (χ2n) is 5.96. The Hall–Kier alpha value is -0.670. The Balaban J connectivity index is 2.31. The molecular weight excluding hydrogens is 204 g/mol. The molecule has 1 heterocycles. The minimum Gasteiger partial charge on any atom is -0.393 e. The number of carbonyl (C=O) groups excluding carboxylic acids is 1. The number of epoxide rings is 1. The Kier molecular flexibility index (Phi) is 2.34. The van der Waals surface area contributed by atoms with Crippen LogP contribution in [0.3, 0.4) is 0 Å². The highest BCUT2D eigenvalue weighted by molar-refractivity contribution is 5.87. The van der Waals surface area contributed by atoms with Crippen molar-refractivity contribution in [3.8, 4) is 0 Å². The molecule has 16 heavy (non-hydrogen) atoms. The Bertz CT molecular complexity index is 358. The molecule has 1 aliphatic heterocycles. The van der Waals surface area contributed by atoms with Crippen LogP contribution < -0.4 is 0 Å². The van der Waals surface area contributed by atoms with Gasteiger partial charge in [0.1, 0.15) is 11.2 Å². The highest BCUT2D eigenvalue weighted by Crippen LogP contribution is 2.65. The maximum atomic E-state index is 11.0. The molecular formula is C13H20O3. The molecule has 0 aromatic rings. The predicted octanol–water partition coefficient (Wildman–Crippen LogP) is 1.84. The fourth-order valence-corrected chi connectivity index (χ4v) is 3.31. The molecule has 2 aliphatic rings. The smallest absolute Gasteiger partial charge is 0.152 e. The number of ether oxygens (including phenoxy) is 1. The van der Waals surface area contributed by atoms with Crippen LogP contribution in [0.2, 0.25) is 0 Å². The van der Waals surface area contributed by atoms with Crippen molar-refractivity contribution < 1.29 is 14.6 Å². The number of aliphatic hydroxyl groups excluding tert-OH is 1. The number of aliphatic hydroxyl groups is 1. The SMILES string of the molecule is CC(=O)/C=C/C12OC1(C)CC(O)CC2(C)C. The molecule has 90 valence electrons. The maximum Gasteiger partial charge on any atom is 0.152 e. The zero-order valence-corrected chi connectivity index (χ0v) is 10.4. The summed E-state index contributed by atoms with van der Waals surface area (Å²) in [7, 11) is 0. The first-order valence-corrected chi connectivity index (χ1v) is 5.80. The van der Waals surface area contributed by atoms with E-state index in [0.717, 1.165) is 0 Å². The molecule has 1 saturated carbocycles. The minimum absolute atomic E-state index is 0.0362. The van der Waals surface area contributed by atoms with Gasteiger partial charge in [-0.15, -0.1) is 0 Å². The van der Waals surface area contributed by atoms with Crippen LogP contribution in [0.5, 0.6) is 0 Å². The first-order valence-electron chi connectivity index (χ1n) is 5.80. The van der Waals surface area contributed by atoms with E-state index in [1.54, 1.807) is 6.08 Å². The Morgan fingerprint density at radius 1 is 1.38 bits per heavy atom. The van der Waals surface area contributed by atoms with Crippen LogP contribution in [-0.4, -0.2) is 28.2 Å². The van der Waals surface area contributed by atoms with Crippen molar-refractivity contribution in [2.24, 2.45) is 5.41 Å². The molecule has 3 nitrogen and oxygen atoms in total. The predicted molar refractivity (Wildman–Crippen MR) is 61.1 cm³/mol. The van der Waals surface area contributed by atoms with E-state index in [-0.39, 0.29) is 28.5 Å². The van der Waals surface area contributed by atoms with Gasteiger partial charge in [0.05, 0.1) is 6.10 Å². The molecule has 0 amide bonds. The van der Waals surface area contributed by atoms with Gasteiger partial charge >= 0.3 is 0 Å². The molecule has 0 spiro atoms. The van der Waals surface area contributed by atoms with Gasteiger partial charge in [-0.05, 0) is 32.4 Å². The van der Waals surface area contributed by atoms with Crippen LogP contribution in [-0.2, 0) is 9.53 Å². The van der Waals surface area contributed by atoms with Crippen LogP contribution in [0.1, 0.15) is 40.5 Å². The molecule has 1 saturated heterocycles. The molecule has 2 rings (SSSR count). The molecule has 2 fully saturated rings. The molecule has 1 N–H and O–H groups in total. The van der Waals surface area contributed by atoms with Gasteiger partial charge in [0.25, 0.3) is 0 Å². The fraction of sp³-hybridized carbons (Fsp3) is 0.769. The van der Waals surface area contributed by atoms with E-state index in [4.69, 9.17) is 4.74 Å². The topological polar surface area (TPSA) is 49.8 Å². The lowest BCUT2D eigenvalue weighted by molar-refractivity contribution is -0.112. The summed E-state index contributed by atoms with van der Waals surface area (Å²) in [6.07, 6.45) is 4.54. The summed E-state index contributed by atoms with van der Waals surface area (Å²) in [5.74, 6) is 0.0362. The van der Waals surface area contributed by atoms with Gasteiger partial charge < -0.3 is 9.84 Å². The number of allylic oxidation sites excluding steroid dienone is 1. The summed E-state index contributed by atoms with van der Waals surface area (Å²) in [5, 5.41) is 9.83. The Morgan fingerprint density at radius 3 is 2.50 bits per heavy atom. The van der Waals surface area contributed by atoms with Crippen LogP contribution in [0.15, 0.2) is 12.2 Å². The van der Waals surface area contributed by atoms with E-state index in [2.05, 4.69) is 13.8 Å². The molecule has 1 aliphatic carbocycles. The summed E-state index contributed by atoms with van der Waals surface area (Å²) >= 11 is 0. The minimum atomic E-state index is -0.370. The van der Waals surface area contributed by atoms with Crippen molar-refractivity contribution in [1.29, 1.82) is 0 Å². The van der Waals surface area contributed by atoms with Gasteiger partial charge in [-0.1, -0.05) is 13.8 Å². The number of hydrogen-bond acceptors (Lipinski definition) is 3. The maximum absolute atomic E-state index is 11.0. The molecule has 0 bridgehead atoms. The van der Waals surface area contributed by atoms with Crippen molar-refractivity contribution in [3.63, 3.8) is 0 Å². The van der Waals surface area contributed by atoms with Crippen LogP contribution in [0.25, 0.3) is 0 Å². The Labute approximate surface area is 96.5 Å². The average molecular weight is 224 g/mol.